The van der Waals surface area contributed by atoms with Crippen LogP contribution in [0.4, 0.5) is 0 Å². The van der Waals surface area contributed by atoms with Gasteiger partial charge in [-0.3, -0.25) is 9.69 Å². The topological polar surface area (TPSA) is 59.0 Å². The van der Waals surface area contributed by atoms with Crippen molar-refractivity contribution in [1.82, 2.24) is 4.90 Å². The van der Waals surface area contributed by atoms with Crippen molar-refractivity contribution in [2.24, 2.45) is 0 Å². The smallest absolute Gasteiger partial charge is 0.320 e. The van der Waals surface area contributed by atoms with E-state index in [2.05, 4.69) is 26.9 Å². The minimum absolute atomic E-state index is 0.200. The number of benzene rings is 3. The van der Waals surface area contributed by atoms with E-state index in [4.69, 9.17) is 9.47 Å². The van der Waals surface area contributed by atoms with Gasteiger partial charge in [-0.1, -0.05) is 64.5 Å². The van der Waals surface area contributed by atoms with Crippen molar-refractivity contribution in [3.8, 4) is 11.5 Å². The van der Waals surface area contributed by atoms with Gasteiger partial charge >= 0.3 is 5.97 Å². The Morgan fingerprint density at radius 2 is 1.82 bits per heavy atom. The Bertz CT molecular complexity index is 1090. The maximum atomic E-state index is 12.0. The van der Waals surface area contributed by atoms with E-state index in [1.165, 1.54) is 0 Å². The van der Waals surface area contributed by atoms with Crippen molar-refractivity contribution < 1.29 is 19.4 Å². The van der Waals surface area contributed by atoms with Crippen LogP contribution in [0.2, 0.25) is 0 Å². The second-order valence-electron chi connectivity index (χ2n) is 8.11. The number of aliphatic carboxylic acids is 1. The van der Waals surface area contributed by atoms with Gasteiger partial charge in [-0.2, -0.15) is 0 Å². The first-order valence-electron chi connectivity index (χ1n) is 11.2. The minimum Gasteiger partial charge on any atom is -0.490 e. The third kappa shape index (κ3) is 5.57. The average molecular weight is 510 g/mol. The molecule has 0 spiro atoms. The van der Waals surface area contributed by atoms with Crippen LogP contribution in [0.1, 0.15) is 42.5 Å². The highest BCUT2D eigenvalue weighted by molar-refractivity contribution is 9.10. The van der Waals surface area contributed by atoms with E-state index in [1.54, 1.807) is 0 Å². The second-order valence-corrected chi connectivity index (χ2v) is 9.02. The molecule has 5 nitrogen and oxygen atoms in total. The number of nitrogens with zero attached hydrogens (tertiary/aromatic N) is 1. The normalized spacial score (nSPS) is 17.0. The Balaban J connectivity index is 1.70. The Hall–Kier alpha value is -2.83. The first kappa shape index (κ1) is 23.3. The molecular formula is C27H28BrNO4. The summed E-state index contributed by atoms with van der Waals surface area (Å²) in [6.45, 7) is 3.63. The number of hydrogen-bond acceptors (Lipinski definition) is 4. The van der Waals surface area contributed by atoms with E-state index in [0.29, 0.717) is 31.1 Å². The molecule has 172 valence electrons. The van der Waals surface area contributed by atoms with Crippen LogP contribution < -0.4 is 9.47 Å². The van der Waals surface area contributed by atoms with Crippen molar-refractivity contribution in [3.63, 3.8) is 0 Å². The number of rotatable bonds is 9. The number of hydrogen-bond donors (Lipinski definition) is 1. The number of halogens is 1. The standard InChI is InChI=1S/C27H28BrNO4/c1-2-32-25-17-21(13-14-24(25)33-18-19-8-4-3-5-9-19)26(20-10-6-11-22(28)16-20)29-15-7-12-23(29)27(30)31/h3-6,8-11,13-14,16-17,23,26H,2,7,12,15,18H2,1H3,(H,30,31). The van der Waals surface area contributed by atoms with Crippen LogP contribution in [-0.2, 0) is 11.4 Å². The quantitative estimate of drug-likeness (QED) is 0.379. The summed E-state index contributed by atoms with van der Waals surface area (Å²) in [4.78, 5) is 14.1. The summed E-state index contributed by atoms with van der Waals surface area (Å²) in [5, 5.41) is 9.85. The predicted octanol–water partition coefficient (Wildman–Crippen LogP) is 6.07. The zero-order valence-electron chi connectivity index (χ0n) is 18.6. The summed E-state index contributed by atoms with van der Waals surface area (Å²) < 4.78 is 13.0. The van der Waals surface area contributed by atoms with Gasteiger partial charge in [0.05, 0.1) is 12.6 Å². The van der Waals surface area contributed by atoms with E-state index in [0.717, 1.165) is 34.1 Å². The molecule has 2 atom stereocenters. The lowest BCUT2D eigenvalue weighted by Gasteiger charge is -2.32. The fourth-order valence-corrected chi connectivity index (χ4v) is 4.85. The molecule has 33 heavy (non-hydrogen) atoms. The first-order chi connectivity index (χ1) is 16.1. The molecule has 4 rings (SSSR count). The minimum atomic E-state index is -0.777. The molecule has 3 aromatic carbocycles. The van der Waals surface area contributed by atoms with Crippen molar-refractivity contribution in [1.29, 1.82) is 0 Å². The van der Waals surface area contributed by atoms with Gasteiger partial charge < -0.3 is 14.6 Å². The fourth-order valence-electron chi connectivity index (χ4n) is 4.43. The molecule has 2 unspecified atom stereocenters. The van der Waals surface area contributed by atoms with Gasteiger partial charge in [0, 0.05) is 11.0 Å². The van der Waals surface area contributed by atoms with E-state index >= 15 is 0 Å². The summed E-state index contributed by atoms with van der Waals surface area (Å²) in [7, 11) is 0. The van der Waals surface area contributed by atoms with Gasteiger partial charge in [0.15, 0.2) is 11.5 Å². The van der Waals surface area contributed by atoms with Crippen LogP contribution in [0.25, 0.3) is 0 Å². The van der Waals surface area contributed by atoms with Crippen LogP contribution in [-0.4, -0.2) is 35.2 Å². The van der Waals surface area contributed by atoms with Crippen LogP contribution >= 0.6 is 15.9 Å². The maximum Gasteiger partial charge on any atom is 0.320 e. The molecule has 3 aromatic rings. The van der Waals surface area contributed by atoms with Gasteiger partial charge in [-0.05, 0) is 60.7 Å². The summed E-state index contributed by atoms with van der Waals surface area (Å²) >= 11 is 3.57. The number of likely N-dealkylation sites (tertiary alicyclic amines) is 1. The monoisotopic (exact) mass is 509 g/mol. The summed E-state index contributed by atoms with van der Waals surface area (Å²) in [5.41, 5.74) is 3.10. The molecule has 6 heteroatoms. The molecule has 0 saturated carbocycles. The van der Waals surface area contributed by atoms with E-state index < -0.39 is 12.0 Å². The van der Waals surface area contributed by atoms with Crippen LogP contribution in [0, 0.1) is 0 Å². The summed E-state index contributed by atoms with van der Waals surface area (Å²) in [6.07, 6.45) is 1.51. The van der Waals surface area contributed by atoms with Crippen LogP contribution in [0.15, 0.2) is 77.3 Å². The Kier molecular flexibility index (Phi) is 7.68. The molecule has 0 radical (unpaired) electrons. The molecule has 0 bridgehead atoms. The second kappa shape index (κ2) is 10.9. The molecule has 0 aromatic heterocycles. The molecule has 1 aliphatic rings. The Morgan fingerprint density at radius 1 is 1.03 bits per heavy atom. The van der Waals surface area contributed by atoms with E-state index in [-0.39, 0.29) is 6.04 Å². The number of carbonyl (C=O) groups is 1. The van der Waals surface area contributed by atoms with Crippen molar-refractivity contribution in [2.45, 2.75) is 38.5 Å². The Morgan fingerprint density at radius 3 is 2.55 bits per heavy atom. The van der Waals surface area contributed by atoms with E-state index in [1.807, 2.05) is 73.7 Å². The van der Waals surface area contributed by atoms with Gasteiger partial charge in [0.1, 0.15) is 12.6 Å². The molecule has 1 fully saturated rings. The molecule has 1 heterocycles. The van der Waals surface area contributed by atoms with Gasteiger partial charge in [0.25, 0.3) is 0 Å². The van der Waals surface area contributed by atoms with Crippen molar-refractivity contribution in [2.75, 3.05) is 13.2 Å². The van der Waals surface area contributed by atoms with Gasteiger partial charge in [-0.25, -0.2) is 0 Å². The zero-order chi connectivity index (χ0) is 23.2. The molecule has 0 amide bonds. The molecule has 1 saturated heterocycles. The summed E-state index contributed by atoms with van der Waals surface area (Å²) in [5.74, 6) is 0.561. The first-order valence-corrected chi connectivity index (χ1v) is 12.0. The number of ether oxygens (including phenoxy) is 2. The Labute approximate surface area is 203 Å². The lowest BCUT2D eigenvalue weighted by molar-refractivity contribution is -0.142. The average Bonchev–Trinajstić information content (AvgIpc) is 3.29. The lowest BCUT2D eigenvalue weighted by atomic mass is 9.96. The van der Waals surface area contributed by atoms with Gasteiger partial charge in [-0.15, -0.1) is 0 Å². The summed E-state index contributed by atoms with van der Waals surface area (Å²) in [6, 6.07) is 23.3. The van der Waals surface area contributed by atoms with Crippen molar-refractivity contribution in [3.05, 3.63) is 94.0 Å². The number of carboxylic acids is 1. The third-order valence-corrected chi connectivity index (χ3v) is 6.39. The molecule has 1 N–H and O–H groups in total. The molecule has 0 aliphatic carbocycles. The zero-order valence-corrected chi connectivity index (χ0v) is 20.2. The largest absolute Gasteiger partial charge is 0.490 e. The van der Waals surface area contributed by atoms with E-state index in [9.17, 15) is 9.90 Å². The highest BCUT2D eigenvalue weighted by Crippen LogP contribution is 2.39. The molecular weight excluding hydrogens is 482 g/mol. The number of carboxylic acid groups (broad SMARTS) is 1. The van der Waals surface area contributed by atoms with Crippen LogP contribution in [0.5, 0.6) is 11.5 Å². The van der Waals surface area contributed by atoms with Gasteiger partial charge in [0.2, 0.25) is 0 Å². The van der Waals surface area contributed by atoms with Crippen molar-refractivity contribution >= 4 is 21.9 Å². The maximum absolute atomic E-state index is 12.0. The fraction of sp³-hybridized carbons (Fsp3) is 0.296. The highest BCUT2D eigenvalue weighted by Gasteiger charge is 2.37. The lowest BCUT2D eigenvalue weighted by Crippen LogP contribution is -2.39. The van der Waals surface area contributed by atoms with Crippen LogP contribution in [0.3, 0.4) is 0 Å². The third-order valence-electron chi connectivity index (χ3n) is 5.90. The highest BCUT2D eigenvalue weighted by atomic mass is 79.9. The SMILES string of the molecule is CCOc1cc(C(c2cccc(Br)c2)N2CCCC2C(=O)O)ccc1OCc1ccccc1. The predicted molar refractivity (Wildman–Crippen MR) is 132 cm³/mol. The molecule has 1 aliphatic heterocycles.